The van der Waals surface area contributed by atoms with Crippen molar-refractivity contribution in [2.45, 2.75) is 18.9 Å². The average Bonchev–Trinajstić information content (AvgIpc) is 2.79. The van der Waals surface area contributed by atoms with Crippen LogP contribution in [0.2, 0.25) is 5.02 Å². The summed E-state index contributed by atoms with van der Waals surface area (Å²) in [6.07, 6.45) is 1.75. The van der Waals surface area contributed by atoms with Crippen molar-refractivity contribution in [3.63, 3.8) is 0 Å². The molecule has 0 spiro atoms. The molecule has 1 atom stereocenters. The maximum atomic E-state index is 12.3. The number of aliphatic hydroxyl groups is 1. The van der Waals surface area contributed by atoms with Gasteiger partial charge in [-0.3, -0.25) is 4.79 Å². The molecular weight excluding hydrogens is 240 g/mol. The molecule has 0 bridgehead atoms. The molecule has 2 rings (SSSR count). The van der Waals surface area contributed by atoms with E-state index >= 15 is 0 Å². The summed E-state index contributed by atoms with van der Waals surface area (Å²) in [5, 5.41) is 9.60. The zero-order valence-electron chi connectivity index (χ0n) is 9.40. The Kier molecular flexibility index (Phi) is 3.54. The van der Waals surface area contributed by atoms with E-state index in [1.807, 2.05) is 0 Å². The van der Waals surface area contributed by atoms with E-state index in [0.29, 0.717) is 22.8 Å². The average molecular weight is 255 g/mol. The molecule has 0 radical (unpaired) electrons. The van der Waals surface area contributed by atoms with Crippen molar-refractivity contribution in [3.05, 3.63) is 28.8 Å². The van der Waals surface area contributed by atoms with Crippen LogP contribution < -0.4 is 5.73 Å². The summed E-state index contributed by atoms with van der Waals surface area (Å²) < 4.78 is 0. The molecule has 17 heavy (non-hydrogen) atoms. The van der Waals surface area contributed by atoms with Gasteiger partial charge in [0.05, 0.1) is 23.2 Å². The lowest BCUT2D eigenvalue weighted by molar-refractivity contribution is 0.0678. The molecule has 1 heterocycles. The molecule has 3 N–H and O–H groups in total. The zero-order chi connectivity index (χ0) is 12.4. The Bertz CT molecular complexity index is 437. The van der Waals surface area contributed by atoms with Gasteiger partial charge in [-0.2, -0.15) is 0 Å². The highest BCUT2D eigenvalue weighted by molar-refractivity contribution is 6.34. The molecule has 1 aromatic rings. The minimum Gasteiger partial charge on any atom is -0.399 e. The van der Waals surface area contributed by atoms with E-state index in [9.17, 15) is 9.90 Å². The van der Waals surface area contributed by atoms with Gasteiger partial charge in [-0.05, 0) is 31.0 Å². The number of hydrogen-bond donors (Lipinski definition) is 2. The molecule has 1 unspecified atom stereocenters. The number of anilines is 1. The van der Waals surface area contributed by atoms with Crippen molar-refractivity contribution in [2.24, 2.45) is 0 Å². The number of halogens is 1. The van der Waals surface area contributed by atoms with Crippen LogP contribution in [0.15, 0.2) is 18.2 Å². The van der Waals surface area contributed by atoms with Gasteiger partial charge >= 0.3 is 0 Å². The molecule has 4 nitrogen and oxygen atoms in total. The van der Waals surface area contributed by atoms with E-state index in [-0.39, 0.29) is 18.6 Å². The molecule has 92 valence electrons. The van der Waals surface area contributed by atoms with E-state index in [1.165, 1.54) is 0 Å². The maximum absolute atomic E-state index is 12.3. The number of carbonyl (C=O) groups is 1. The van der Waals surface area contributed by atoms with Crippen LogP contribution in [0, 0.1) is 0 Å². The highest BCUT2D eigenvalue weighted by Gasteiger charge is 2.29. The number of nitrogens with zero attached hydrogens (tertiary/aromatic N) is 1. The number of nitrogens with two attached hydrogens (primary N) is 1. The van der Waals surface area contributed by atoms with Gasteiger partial charge in [0.2, 0.25) is 0 Å². The SMILES string of the molecule is Nc1ccc(Cl)c(C(=O)N2CCCC2CO)c1. The highest BCUT2D eigenvalue weighted by atomic mass is 35.5. The number of rotatable bonds is 2. The summed E-state index contributed by atoms with van der Waals surface area (Å²) in [4.78, 5) is 13.9. The Morgan fingerprint density at radius 3 is 3.06 bits per heavy atom. The van der Waals surface area contributed by atoms with Gasteiger partial charge in [-0.15, -0.1) is 0 Å². The first-order valence-electron chi connectivity index (χ1n) is 5.60. The monoisotopic (exact) mass is 254 g/mol. The van der Waals surface area contributed by atoms with Crippen LogP contribution in [0.4, 0.5) is 5.69 Å². The van der Waals surface area contributed by atoms with E-state index in [0.717, 1.165) is 12.8 Å². The predicted molar refractivity (Wildman–Crippen MR) is 67.0 cm³/mol. The predicted octanol–water partition coefficient (Wildman–Crippen LogP) is 1.52. The molecule has 1 amide bonds. The smallest absolute Gasteiger partial charge is 0.255 e. The standard InChI is InChI=1S/C12H15ClN2O2/c13-11-4-3-8(14)6-10(11)12(17)15-5-1-2-9(15)7-16/h3-4,6,9,16H,1-2,5,7,14H2. The molecule has 1 aliphatic rings. The highest BCUT2D eigenvalue weighted by Crippen LogP contribution is 2.25. The van der Waals surface area contributed by atoms with Gasteiger partial charge in [0, 0.05) is 12.2 Å². The second kappa shape index (κ2) is 4.94. The molecule has 1 aliphatic heterocycles. The van der Waals surface area contributed by atoms with Gasteiger partial charge in [-0.25, -0.2) is 0 Å². The van der Waals surface area contributed by atoms with Gasteiger partial charge < -0.3 is 15.7 Å². The van der Waals surface area contributed by atoms with Crippen LogP contribution in [0.3, 0.4) is 0 Å². The first-order chi connectivity index (χ1) is 8.13. The quantitative estimate of drug-likeness (QED) is 0.787. The Balaban J connectivity index is 2.27. The fourth-order valence-electron chi connectivity index (χ4n) is 2.15. The van der Waals surface area contributed by atoms with Gasteiger partial charge in [0.25, 0.3) is 5.91 Å². The number of likely N-dealkylation sites (tertiary alicyclic amines) is 1. The fraction of sp³-hybridized carbons (Fsp3) is 0.417. The Morgan fingerprint density at radius 1 is 1.59 bits per heavy atom. The molecule has 5 heteroatoms. The van der Waals surface area contributed by atoms with Crippen LogP contribution in [0.25, 0.3) is 0 Å². The number of aliphatic hydroxyl groups excluding tert-OH is 1. The lowest BCUT2D eigenvalue weighted by Gasteiger charge is -2.23. The third-order valence-corrected chi connectivity index (χ3v) is 3.40. The van der Waals surface area contributed by atoms with E-state index < -0.39 is 0 Å². The van der Waals surface area contributed by atoms with Crippen molar-refractivity contribution in [1.29, 1.82) is 0 Å². The van der Waals surface area contributed by atoms with Crippen molar-refractivity contribution < 1.29 is 9.90 Å². The fourth-order valence-corrected chi connectivity index (χ4v) is 2.35. The Hall–Kier alpha value is -1.26. The minimum absolute atomic E-state index is 0.00826. The third kappa shape index (κ3) is 2.37. The molecule has 0 aliphatic carbocycles. The topological polar surface area (TPSA) is 66.6 Å². The second-order valence-electron chi connectivity index (χ2n) is 4.22. The summed E-state index contributed by atoms with van der Waals surface area (Å²) in [5.74, 6) is -0.154. The van der Waals surface area contributed by atoms with Crippen molar-refractivity contribution in [1.82, 2.24) is 4.90 Å². The number of hydrogen-bond acceptors (Lipinski definition) is 3. The zero-order valence-corrected chi connectivity index (χ0v) is 10.2. The van der Waals surface area contributed by atoms with Crippen LogP contribution in [-0.2, 0) is 0 Å². The largest absolute Gasteiger partial charge is 0.399 e. The van der Waals surface area contributed by atoms with Gasteiger partial charge in [0.15, 0.2) is 0 Å². The molecule has 0 aromatic heterocycles. The van der Waals surface area contributed by atoms with Crippen molar-refractivity contribution in [3.8, 4) is 0 Å². The van der Waals surface area contributed by atoms with Crippen LogP contribution in [0.1, 0.15) is 23.2 Å². The molecule has 1 fully saturated rings. The first kappa shape index (κ1) is 12.2. The summed E-state index contributed by atoms with van der Waals surface area (Å²) >= 11 is 5.99. The van der Waals surface area contributed by atoms with Gasteiger partial charge in [0.1, 0.15) is 0 Å². The van der Waals surface area contributed by atoms with Crippen molar-refractivity contribution in [2.75, 3.05) is 18.9 Å². The summed E-state index contributed by atoms with van der Waals surface area (Å²) in [6, 6.07) is 4.76. The number of carbonyl (C=O) groups excluding carboxylic acids is 1. The maximum Gasteiger partial charge on any atom is 0.255 e. The third-order valence-electron chi connectivity index (χ3n) is 3.07. The summed E-state index contributed by atoms with van der Waals surface area (Å²) in [5.41, 5.74) is 6.57. The number of benzene rings is 1. The lowest BCUT2D eigenvalue weighted by Crippen LogP contribution is -2.37. The van der Waals surface area contributed by atoms with Crippen LogP contribution >= 0.6 is 11.6 Å². The van der Waals surface area contributed by atoms with E-state index in [2.05, 4.69) is 0 Å². The first-order valence-corrected chi connectivity index (χ1v) is 5.98. The Labute approximate surface area is 105 Å². The van der Waals surface area contributed by atoms with Crippen LogP contribution in [-0.4, -0.2) is 35.1 Å². The molecule has 0 saturated carbocycles. The second-order valence-corrected chi connectivity index (χ2v) is 4.62. The van der Waals surface area contributed by atoms with E-state index in [4.69, 9.17) is 17.3 Å². The Morgan fingerprint density at radius 2 is 2.35 bits per heavy atom. The normalized spacial score (nSPS) is 19.6. The molecule has 1 aromatic carbocycles. The minimum atomic E-state index is -0.154. The van der Waals surface area contributed by atoms with Crippen LogP contribution in [0.5, 0.6) is 0 Å². The number of amides is 1. The lowest BCUT2D eigenvalue weighted by atomic mass is 10.1. The van der Waals surface area contributed by atoms with E-state index in [1.54, 1.807) is 23.1 Å². The summed E-state index contributed by atoms with van der Waals surface area (Å²) in [7, 11) is 0. The molecule has 1 saturated heterocycles. The van der Waals surface area contributed by atoms with Crippen molar-refractivity contribution >= 4 is 23.2 Å². The summed E-state index contributed by atoms with van der Waals surface area (Å²) in [6.45, 7) is 0.654. The molecular formula is C12H15ClN2O2. The number of nitrogen functional groups attached to an aromatic ring is 1. The van der Waals surface area contributed by atoms with Gasteiger partial charge in [-0.1, -0.05) is 11.6 Å².